The number of nitrogens with one attached hydrogen (secondary N) is 2. The molecule has 0 saturated heterocycles. The minimum Gasteiger partial charge on any atom is -0.338 e. The number of amides is 2. The molecule has 0 fully saturated rings. The fourth-order valence-corrected chi connectivity index (χ4v) is 1.93. The Morgan fingerprint density at radius 2 is 2.00 bits per heavy atom. The number of rotatable bonds is 5. The van der Waals surface area contributed by atoms with Gasteiger partial charge in [-0.05, 0) is 30.7 Å². The Kier molecular flexibility index (Phi) is 5.56. The number of hydrogen-bond acceptors (Lipinski definition) is 3. The quantitative estimate of drug-likeness (QED) is 0.821. The van der Waals surface area contributed by atoms with Gasteiger partial charge in [0.25, 0.3) is 5.56 Å². The first-order valence-electron chi connectivity index (χ1n) is 7.10. The summed E-state index contributed by atoms with van der Waals surface area (Å²) in [5.41, 5.74) is -1.04. The molecule has 0 aliphatic rings. The Morgan fingerprint density at radius 3 is 2.71 bits per heavy atom. The van der Waals surface area contributed by atoms with E-state index in [1.807, 2.05) is 0 Å². The minimum absolute atomic E-state index is 0.0447. The number of carbonyl (C=O) groups is 1. The lowest BCUT2D eigenvalue weighted by atomic mass is 10.2. The van der Waals surface area contributed by atoms with Crippen molar-refractivity contribution in [2.24, 2.45) is 0 Å². The van der Waals surface area contributed by atoms with Crippen molar-refractivity contribution in [3.63, 3.8) is 0 Å². The van der Waals surface area contributed by atoms with E-state index >= 15 is 0 Å². The molecule has 2 N–H and O–H groups in total. The molecule has 128 valence electrons. The molecular formula is C15H15F3N4O2. The molecule has 1 aromatic heterocycles. The number of alkyl halides is 3. The van der Waals surface area contributed by atoms with Crippen LogP contribution < -0.4 is 16.2 Å². The first-order chi connectivity index (χ1) is 11.4. The van der Waals surface area contributed by atoms with Crippen LogP contribution >= 0.6 is 0 Å². The number of carbonyl (C=O) groups excluding carboxylic acids is 1. The maximum Gasteiger partial charge on any atom is 0.416 e. The smallest absolute Gasteiger partial charge is 0.338 e. The second kappa shape index (κ2) is 7.62. The largest absolute Gasteiger partial charge is 0.416 e. The Balaban J connectivity index is 1.80. The number of nitrogens with zero attached hydrogens (tertiary/aromatic N) is 2. The van der Waals surface area contributed by atoms with Crippen molar-refractivity contribution in [2.75, 3.05) is 11.9 Å². The van der Waals surface area contributed by atoms with Crippen LogP contribution in [-0.4, -0.2) is 22.4 Å². The molecule has 0 aliphatic carbocycles. The van der Waals surface area contributed by atoms with E-state index in [9.17, 15) is 22.8 Å². The third kappa shape index (κ3) is 5.11. The molecule has 0 radical (unpaired) electrons. The van der Waals surface area contributed by atoms with Crippen molar-refractivity contribution >= 4 is 11.7 Å². The summed E-state index contributed by atoms with van der Waals surface area (Å²) in [7, 11) is 0. The Labute approximate surface area is 135 Å². The van der Waals surface area contributed by atoms with E-state index in [-0.39, 0.29) is 17.8 Å². The van der Waals surface area contributed by atoms with Crippen LogP contribution in [0.5, 0.6) is 0 Å². The molecular weight excluding hydrogens is 325 g/mol. The van der Waals surface area contributed by atoms with Crippen LogP contribution in [0.25, 0.3) is 0 Å². The summed E-state index contributed by atoms with van der Waals surface area (Å²) < 4.78 is 39.0. The van der Waals surface area contributed by atoms with Gasteiger partial charge >= 0.3 is 12.2 Å². The predicted molar refractivity (Wildman–Crippen MR) is 81.6 cm³/mol. The van der Waals surface area contributed by atoms with Gasteiger partial charge in [-0.3, -0.25) is 4.79 Å². The van der Waals surface area contributed by atoms with Gasteiger partial charge in [-0.25, -0.2) is 9.48 Å². The maximum absolute atomic E-state index is 12.6. The lowest BCUT2D eigenvalue weighted by Gasteiger charge is -2.11. The van der Waals surface area contributed by atoms with Gasteiger partial charge in [0, 0.05) is 31.0 Å². The molecule has 2 aromatic rings. The fourth-order valence-electron chi connectivity index (χ4n) is 1.93. The second-order valence-corrected chi connectivity index (χ2v) is 4.90. The summed E-state index contributed by atoms with van der Waals surface area (Å²) in [4.78, 5) is 23.1. The molecule has 2 rings (SSSR count). The SMILES string of the molecule is O=C(NCCCn1ncccc1=O)Nc1cccc(C(F)(F)F)c1. The lowest BCUT2D eigenvalue weighted by Crippen LogP contribution is -2.31. The van der Waals surface area contributed by atoms with Gasteiger partial charge in [0.2, 0.25) is 0 Å². The van der Waals surface area contributed by atoms with Crippen molar-refractivity contribution in [2.45, 2.75) is 19.1 Å². The third-order valence-electron chi connectivity index (χ3n) is 3.07. The predicted octanol–water partition coefficient (Wildman–Crippen LogP) is 2.47. The molecule has 0 aliphatic heterocycles. The Morgan fingerprint density at radius 1 is 1.21 bits per heavy atom. The molecule has 0 unspecified atom stereocenters. The average molecular weight is 340 g/mol. The highest BCUT2D eigenvalue weighted by Crippen LogP contribution is 2.30. The normalized spacial score (nSPS) is 11.1. The standard InChI is InChI=1S/C15H15F3N4O2/c16-15(17,18)11-4-1-5-12(10-11)21-14(24)19-7-3-9-22-13(23)6-2-8-20-22/h1-2,4-6,8,10H,3,7,9H2,(H2,19,21,24). The average Bonchev–Trinajstić information content (AvgIpc) is 2.52. The van der Waals surface area contributed by atoms with E-state index < -0.39 is 17.8 Å². The molecule has 0 saturated carbocycles. The zero-order valence-corrected chi connectivity index (χ0v) is 12.5. The number of hydrogen-bond donors (Lipinski definition) is 2. The molecule has 1 heterocycles. The minimum atomic E-state index is -4.47. The number of aromatic nitrogens is 2. The summed E-state index contributed by atoms with van der Waals surface area (Å²) in [5, 5.41) is 8.70. The molecule has 6 nitrogen and oxygen atoms in total. The van der Waals surface area contributed by atoms with Crippen molar-refractivity contribution in [3.05, 3.63) is 58.5 Å². The number of anilines is 1. The topological polar surface area (TPSA) is 76.0 Å². The van der Waals surface area contributed by atoms with Gasteiger partial charge in [0.1, 0.15) is 0 Å². The number of urea groups is 1. The molecule has 1 aromatic carbocycles. The lowest BCUT2D eigenvalue weighted by molar-refractivity contribution is -0.137. The van der Waals surface area contributed by atoms with Gasteiger partial charge in [-0.15, -0.1) is 0 Å². The Hall–Kier alpha value is -2.84. The highest BCUT2D eigenvalue weighted by atomic mass is 19.4. The zero-order valence-electron chi connectivity index (χ0n) is 12.5. The molecule has 24 heavy (non-hydrogen) atoms. The molecule has 0 bridgehead atoms. The van der Waals surface area contributed by atoms with Crippen LogP contribution in [0, 0.1) is 0 Å². The molecule has 9 heteroatoms. The van der Waals surface area contributed by atoms with E-state index in [0.29, 0.717) is 13.0 Å². The van der Waals surface area contributed by atoms with Gasteiger partial charge in [0.15, 0.2) is 0 Å². The first-order valence-corrected chi connectivity index (χ1v) is 7.10. The van der Waals surface area contributed by atoms with Crippen molar-refractivity contribution in [1.82, 2.24) is 15.1 Å². The third-order valence-corrected chi connectivity index (χ3v) is 3.07. The van der Waals surface area contributed by atoms with E-state index in [4.69, 9.17) is 0 Å². The van der Waals surface area contributed by atoms with E-state index in [1.165, 1.54) is 35.1 Å². The fraction of sp³-hybridized carbons (Fsp3) is 0.267. The van der Waals surface area contributed by atoms with Gasteiger partial charge in [0.05, 0.1) is 5.56 Å². The number of aryl methyl sites for hydroxylation is 1. The van der Waals surface area contributed by atoms with Gasteiger partial charge < -0.3 is 10.6 Å². The van der Waals surface area contributed by atoms with E-state index in [2.05, 4.69) is 15.7 Å². The summed E-state index contributed by atoms with van der Waals surface area (Å²) in [6.45, 7) is 0.567. The maximum atomic E-state index is 12.6. The second-order valence-electron chi connectivity index (χ2n) is 4.90. The van der Waals surface area contributed by atoms with E-state index in [1.54, 1.807) is 0 Å². The zero-order chi connectivity index (χ0) is 17.6. The molecule has 2 amide bonds. The van der Waals surface area contributed by atoms with E-state index in [0.717, 1.165) is 12.1 Å². The van der Waals surface area contributed by atoms with Crippen LogP contribution in [0.3, 0.4) is 0 Å². The van der Waals surface area contributed by atoms with Crippen LogP contribution in [0.4, 0.5) is 23.7 Å². The molecule has 0 atom stereocenters. The highest BCUT2D eigenvalue weighted by molar-refractivity contribution is 5.89. The highest BCUT2D eigenvalue weighted by Gasteiger charge is 2.30. The van der Waals surface area contributed by atoms with Crippen molar-refractivity contribution in [1.29, 1.82) is 0 Å². The van der Waals surface area contributed by atoms with Crippen molar-refractivity contribution < 1.29 is 18.0 Å². The first kappa shape index (κ1) is 17.5. The van der Waals surface area contributed by atoms with Crippen LogP contribution in [0.1, 0.15) is 12.0 Å². The number of benzene rings is 1. The van der Waals surface area contributed by atoms with Gasteiger partial charge in [-0.2, -0.15) is 18.3 Å². The van der Waals surface area contributed by atoms with Crippen molar-refractivity contribution in [3.8, 4) is 0 Å². The Bertz CT molecular complexity index is 759. The molecule has 0 spiro atoms. The van der Waals surface area contributed by atoms with Crippen LogP contribution in [0.2, 0.25) is 0 Å². The summed E-state index contributed by atoms with van der Waals surface area (Å²) >= 11 is 0. The summed E-state index contributed by atoms with van der Waals surface area (Å²) in [5.74, 6) is 0. The summed E-state index contributed by atoms with van der Waals surface area (Å²) in [6.07, 6.45) is -2.54. The monoisotopic (exact) mass is 340 g/mol. The number of halogens is 3. The van der Waals surface area contributed by atoms with Crippen LogP contribution in [-0.2, 0) is 12.7 Å². The van der Waals surface area contributed by atoms with Gasteiger partial charge in [-0.1, -0.05) is 6.07 Å². The van der Waals surface area contributed by atoms with Crippen LogP contribution in [0.15, 0.2) is 47.4 Å². The summed E-state index contributed by atoms with van der Waals surface area (Å²) in [6, 6.07) is 6.64.